The fourth-order valence-electron chi connectivity index (χ4n) is 1.65. The van der Waals surface area contributed by atoms with Crippen molar-refractivity contribution in [3.8, 4) is 0 Å². The molecule has 2 heterocycles. The highest BCUT2D eigenvalue weighted by atomic mass is 127. The summed E-state index contributed by atoms with van der Waals surface area (Å²) >= 11 is 0.458. The molecule has 0 aromatic heterocycles. The predicted octanol–water partition coefficient (Wildman–Crippen LogP) is 1.30. The van der Waals surface area contributed by atoms with Crippen molar-refractivity contribution in [2.24, 2.45) is 0 Å². The SMILES string of the molecule is CC1=ICCC(NC2COC2)C1. The average Bonchev–Trinajstić information content (AvgIpc) is 1.97. The van der Waals surface area contributed by atoms with Crippen molar-refractivity contribution in [2.75, 3.05) is 17.6 Å². The van der Waals surface area contributed by atoms with Crippen LogP contribution in [0.3, 0.4) is 0 Å². The summed E-state index contributed by atoms with van der Waals surface area (Å²) in [7, 11) is 0. The van der Waals surface area contributed by atoms with Crippen LogP contribution in [0.1, 0.15) is 19.8 Å². The largest absolute Gasteiger partial charge is 0.378 e. The summed E-state index contributed by atoms with van der Waals surface area (Å²) in [5, 5.41) is 3.66. The van der Waals surface area contributed by atoms with E-state index in [0.29, 0.717) is 26.8 Å². The van der Waals surface area contributed by atoms with Gasteiger partial charge in [0.05, 0.1) is 19.3 Å². The summed E-state index contributed by atoms with van der Waals surface area (Å²) in [6, 6.07) is 1.44. The summed E-state index contributed by atoms with van der Waals surface area (Å²) in [5.74, 6) is 0. The Labute approximate surface area is 83.8 Å². The summed E-state index contributed by atoms with van der Waals surface area (Å²) in [5.41, 5.74) is 0. The molecule has 0 amide bonds. The summed E-state index contributed by atoms with van der Waals surface area (Å²) < 4.78 is 8.40. The number of nitrogens with one attached hydrogen (secondary N) is 1. The van der Waals surface area contributed by atoms with E-state index in [1.54, 1.807) is 3.51 Å². The molecule has 0 saturated carbocycles. The lowest BCUT2D eigenvalue weighted by molar-refractivity contribution is -0.00973. The number of ether oxygens (including phenoxy) is 1. The molecule has 0 spiro atoms. The Morgan fingerprint density at radius 2 is 2.25 bits per heavy atom. The van der Waals surface area contributed by atoms with E-state index < -0.39 is 0 Å². The second-order valence-electron chi connectivity index (χ2n) is 3.59. The Balaban J connectivity index is 1.77. The molecule has 1 atom stereocenters. The van der Waals surface area contributed by atoms with Crippen molar-refractivity contribution in [1.82, 2.24) is 5.32 Å². The van der Waals surface area contributed by atoms with Gasteiger partial charge in [-0.05, 0) is 27.7 Å². The topological polar surface area (TPSA) is 21.3 Å². The Kier molecular flexibility index (Phi) is 3.15. The first-order valence-corrected chi connectivity index (χ1v) is 7.20. The maximum absolute atomic E-state index is 5.14. The van der Waals surface area contributed by atoms with Crippen LogP contribution < -0.4 is 5.32 Å². The third-order valence-electron chi connectivity index (χ3n) is 2.42. The molecule has 0 aromatic carbocycles. The molecule has 2 nitrogen and oxygen atoms in total. The van der Waals surface area contributed by atoms with Crippen molar-refractivity contribution in [1.29, 1.82) is 0 Å². The minimum Gasteiger partial charge on any atom is -0.378 e. The minimum atomic E-state index is 0.458. The van der Waals surface area contributed by atoms with Gasteiger partial charge in [-0.1, -0.05) is 0 Å². The van der Waals surface area contributed by atoms with Crippen LogP contribution in [0.2, 0.25) is 0 Å². The van der Waals surface area contributed by atoms with Crippen LogP contribution in [0.4, 0.5) is 0 Å². The van der Waals surface area contributed by atoms with Gasteiger partial charge in [-0.2, -0.15) is 0 Å². The molecule has 2 aliphatic rings. The summed E-state index contributed by atoms with van der Waals surface area (Å²) in [4.78, 5) is 0. The summed E-state index contributed by atoms with van der Waals surface area (Å²) in [6.07, 6.45) is 2.74. The van der Waals surface area contributed by atoms with Crippen LogP contribution in [-0.2, 0) is 4.74 Å². The van der Waals surface area contributed by atoms with Crippen molar-refractivity contribution in [3.63, 3.8) is 0 Å². The van der Waals surface area contributed by atoms with Crippen LogP contribution in [0, 0.1) is 0 Å². The second-order valence-corrected chi connectivity index (χ2v) is 7.27. The molecule has 1 fully saturated rings. The monoisotopic (exact) mass is 281 g/mol. The van der Waals surface area contributed by atoms with Crippen LogP contribution in [-0.4, -0.2) is 33.2 Å². The predicted molar refractivity (Wildman–Crippen MR) is 60.3 cm³/mol. The number of hydrogen-bond donors (Lipinski definition) is 1. The zero-order chi connectivity index (χ0) is 8.39. The van der Waals surface area contributed by atoms with Gasteiger partial charge >= 0.3 is 0 Å². The van der Waals surface area contributed by atoms with Gasteiger partial charge < -0.3 is 10.1 Å². The van der Waals surface area contributed by atoms with Gasteiger partial charge in [0.1, 0.15) is 0 Å². The van der Waals surface area contributed by atoms with E-state index in [1.165, 1.54) is 17.3 Å². The lowest BCUT2D eigenvalue weighted by atomic mass is 10.1. The number of halogens is 1. The van der Waals surface area contributed by atoms with E-state index in [4.69, 9.17) is 4.74 Å². The fraction of sp³-hybridized carbons (Fsp3) is 0.889. The van der Waals surface area contributed by atoms with Crippen molar-refractivity contribution in [2.45, 2.75) is 31.8 Å². The molecule has 2 rings (SSSR count). The van der Waals surface area contributed by atoms with Gasteiger partial charge in [0, 0.05) is 6.04 Å². The molecule has 70 valence electrons. The minimum absolute atomic E-state index is 0.458. The highest BCUT2D eigenvalue weighted by Crippen LogP contribution is 2.18. The van der Waals surface area contributed by atoms with E-state index in [0.717, 1.165) is 19.3 Å². The fourth-order valence-corrected chi connectivity index (χ4v) is 4.48. The van der Waals surface area contributed by atoms with Crippen LogP contribution in [0.5, 0.6) is 0 Å². The van der Waals surface area contributed by atoms with E-state index in [9.17, 15) is 0 Å². The highest BCUT2D eigenvalue weighted by Gasteiger charge is 2.22. The molecule has 0 bridgehead atoms. The van der Waals surface area contributed by atoms with Gasteiger partial charge in [0.15, 0.2) is 0 Å². The molecule has 12 heavy (non-hydrogen) atoms. The Morgan fingerprint density at radius 1 is 1.42 bits per heavy atom. The molecular formula is C9H16INO. The smallest absolute Gasteiger partial charge is 0.0643 e. The molecule has 0 aromatic rings. The standard InChI is InChI=1S/C9H16INO/c1-7-4-8(2-3-10-7)11-9-5-12-6-9/h8-9,11H,2-6H2,1H3. The maximum atomic E-state index is 5.14. The third kappa shape index (κ3) is 2.26. The van der Waals surface area contributed by atoms with E-state index in [2.05, 4.69) is 12.2 Å². The number of alkyl halides is 1. The third-order valence-corrected chi connectivity index (χ3v) is 5.32. The Bertz CT molecular complexity index is 189. The van der Waals surface area contributed by atoms with Crippen molar-refractivity contribution in [3.05, 3.63) is 0 Å². The first-order valence-electron chi connectivity index (χ1n) is 4.60. The molecule has 1 N–H and O–H groups in total. The maximum Gasteiger partial charge on any atom is 0.0643 e. The van der Waals surface area contributed by atoms with Crippen molar-refractivity contribution < 1.29 is 4.74 Å². The zero-order valence-electron chi connectivity index (χ0n) is 7.48. The van der Waals surface area contributed by atoms with Gasteiger partial charge in [0.25, 0.3) is 0 Å². The second kappa shape index (κ2) is 4.15. The van der Waals surface area contributed by atoms with E-state index in [-0.39, 0.29) is 0 Å². The molecule has 3 heteroatoms. The zero-order valence-corrected chi connectivity index (χ0v) is 9.63. The first kappa shape index (κ1) is 9.09. The van der Waals surface area contributed by atoms with Crippen molar-refractivity contribution >= 4 is 24.2 Å². The number of hydrogen-bond acceptors (Lipinski definition) is 2. The molecule has 0 aliphatic carbocycles. The van der Waals surface area contributed by atoms with Crippen LogP contribution in [0.25, 0.3) is 0 Å². The normalized spacial score (nSPS) is 31.8. The van der Waals surface area contributed by atoms with Gasteiger partial charge in [-0.15, -0.1) is 20.7 Å². The van der Waals surface area contributed by atoms with E-state index >= 15 is 0 Å². The number of rotatable bonds is 2. The highest BCUT2D eigenvalue weighted by molar-refractivity contribution is 14.2. The molecule has 2 aliphatic heterocycles. The van der Waals surface area contributed by atoms with E-state index in [1.807, 2.05) is 0 Å². The van der Waals surface area contributed by atoms with Crippen LogP contribution in [0.15, 0.2) is 0 Å². The average molecular weight is 281 g/mol. The van der Waals surface area contributed by atoms with Crippen LogP contribution >= 0.6 is 20.7 Å². The first-order chi connectivity index (χ1) is 5.84. The molecule has 0 radical (unpaired) electrons. The summed E-state index contributed by atoms with van der Waals surface area (Å²) in [6.45, 7) is 4.20. The molecule has 1 unspecified atom stereocenters. The van der Waals surface area contributed by atoms with Gasteiger partial charge in [-0.3, -0.25) is 0 Å². The molecule has 1 saturated heterocycles. The lowest BCUT2D eigenvalue weighted by Crippen LogP contribution is -2.51. The van der Waals surface area contributed by atoms with Gasteiger partial charge in [0.2, 0.25) is 0 Å². The molecular weight excluding hydrogens is 265 g/mol. The Morgan fingerprint density at radius 3 is 2.83 bits per heavy atom. The quantitative estimate of drug-likeness (QED) is 0.608. The Hall–Kier alpha value is 0.520. The lowest BCUT2D eigenvalue weighted by Gasteiger charge is -2.32. The van der Waals surface area contributed by atoms with Gasteiger partial charge in [-0.25, -0.2) is 0 Å².